The molecule has 0 saturated carbocycles. The molecule has 0 atom stereocenters. The first-order chi connectivity index (χ1) is 18.9. The normalized spacial score (nSPS) is 10.9. The molecule has 1 N–H and O–H groups in total. The van der Waals surface area contributed by atoms with Crippen molar-refractivity contribution >= 4 is 38.6 Å². The number of benzene rings is 3. The quantitative estimate of drug-likeness (QED) is 0.195. The minimum absolute atomic E-state index is 0.110. The molecule has 0 spiro atoms. The summed E-state index contributed by atoms with van der Waals surface area (Å²) in [6.45, 7) is 0. The van der Waals surface area contributed by atoms with Gasteiger partial charge in [-0.2, -0.15) is 0 Å². The number of fused-ring (bicyclic) bond motifs is 1. The number of carboxylic acid groups (broad SMARTS) is 1. The third kappa shape index (κ3) is 5.53. The van der Waals surface area contributed by atoms with Crippen LogP contribution in [0.3, 0.4) is 0 Å². The maximum Gasteiger partial charge on any atom is 0.303 e. The molecule has 0 bridgehead atoms. The van der Waals surface area contributed by atoms with E-state index >= 15 is 0 Å². The molecule has 0 saturated heterocycles. The van der Waals surface area contributed by atoms with E-state index in [0.717, 1.165) is 21.1 Å². The van der Waals surface area contributed by atoms with Gasteiger partial charge in [0.05, 0.1) is 37.5 Å². The van der Waals surface area contributed by atoms with Gasteiger partial charge >= 0.3 is 5.97 Å². The fourth-order valence-corrected chi connectivity index (χ4v) is 4.71. The maximum atomic E-state index is 13.1. The number of carbonyl (C=O) groups is 2. The molecule has 2 heterocycles. The molecule has 196 valence electrons. The zero-order valence-corrected chi connectivity index (χ0v) is 22.8. The molecule has 5 aromatic rings. The number of nitrogens with zero attached hydrogens (tertiary/aromatic N) is 3. The van der Waals surface area contributed by atoms with Crippen molar-refractivity contribution in [2.24, 2.45) is 0 Å². The van der Waals surface area contributed by atoms with E-state index in [0.29, 0.717) is 39.8 Å². The third-order valence-electron chi connectivity index (χ3n) is 6.29. The van der Waals surface area contributed by atoms with Crippen LogP contribution in [0.25, 0.3) is 39.4 Å². The number of Topliss-reactive ketones (excluding diaryl/α,β-unsaturated/α-hetero) is 1. The average molecular weight is 586 g/mol. The minimum atomic E-state index is -1.02. The lowest BCUT2D eigenvalue weighted by atomic mass is 10.1. The van der Waals surface area contributed by atoms with E-state index in [1.165, 1.54) is 0 Å². The Morgan fingerprint density at radius 1 is 0.846 bits per heavy atom. The lowest BCUT2D eigenvalue weighted by Crippen LogP contribution is -2.05. The topological polar surface area (TPSA) is 104 Å². The highest BCUT2D eigenvalue weighted by atomic mass is 79.9. The Kier molecular flexibility index (Phi) is 7.42. The molecular weight excluding hydrogens is 562 g/mol. The molecule has 5 rings (SSSR count). The van der Waals surface area contributed by atoms with E-state index in [4.69, 9.17) is 24.5 Å². The Labute approximate surface area is 233 Å². The third-order valence-corrected chi connectivity index (χ3v) is 6.79. The van der Waals surface area contributed by atoms with Crippen LogP contribution in [0.4, 0.5) is 0 Å². The summed E-state index contributed by atoms with van der Waals surface area (Å²) < 4.78 is 13.4. The summed E-state index contributed by atoms with van der Waals surface area (Å²) in [6, 6.07) is 22.7. The number of methoxy groups -OCH3 is 2. The highest BCUT2D eigenvalue weighted by Gasteiger charge is 2.20. The number of carbonyl (C=O) groups excluding carboxylic acids is 1. The first-order valence-corrected chi connectivity index (χ1v) is 12.9. The van der Waals surface area contributed by atoms with Crippen molar-refractivity contribution in [2.45, 2.75) is 12.8 Å². The Balaban J connectivity index is 1.73. The lowest BCUT2D eigenvalue weighted by molar-refractivity contribution is -0.136. The van der Waals surface area contributed by atoms with Crippen LogP contribution in [-0.4, -0.2) is 45.6 Å². The van der Waals surface area contributed by atoms with Gasteiger partial charge in [-0.05, 0) is 48.5 Å². The van der Waals surface area contributed by atoms with Gasteiger partial charge in [-0.3, -0.25) is 14.2 Å². The summed E-state index contributed by atoms with van der Waals surface area (Å²) >= 11 is 3.49. The number of aliphatic carboxylic acids is 1. The Bertz CT molecular complexity index is 1650. The molecule has 2 aromatic heterocycles. The Morgan fingerprint density at radius 3 is 2.03 bits per heavy atom. The van der Waals surface area contributed by atoms with E-state index in [2.05, 4.69) is 15.9 Å². The van der Waals surface area contributed by atoms with Crippen LogP contribution in [0.15, 0.2) is 83.5 Å². The first-order valence-electron chi connectivity index (χ1n) is 12.1. The van der Waals surface area contributed by atoms with Crippen molar-refractivity contribution in [3.63, 3.8) is 0 Å². The van der Waals surface area contributed by atoms with E-state index in [1.54, 1.807) is 25.0 Å². The molecule has 3 aromatic carbocycles. The van der Waals surface area contributed by atoms with Crippen molar-refractivity contribution in [2.75, 3.05) is 14.2 Å². The van der Waals surface area contributed by atoms with Gasteiger partial charge in [0.1, 0.15) is 11.5 Å². The number of rotatable bonds is 9. The second-order valence-electron chi connectivity index (χ2n) is 8.79. The van der Waals surface area contributed by atoms with E-state index in [-0.39, 0.29) is 18.6 Å². The van der Waals surface area contributed by atoms with Gasteiger partial charge in [-0.25, -0.2) is 9.97 Å². The molecule has 0 amide bonds. The van der Waals surface area contributed by atoms with Gasteiger partial charge in [-0.1, -0.05) is 40.2 Å². The number of ether oxygens (including phenoxy) is 2. The van der Waals surface area contributed by atoms with Gasteiger partial charge < -0.3 is 14.6 Å². The van der Waals surface area contributed by atoms with Gasteiger partial charge in [0.25, 0.3) is 0 Å². The van der Waals surface area contributed by atoms with Crippen LogP contribution in [0.2, 0.25) is 0 Å². The average Bonchev–Trinajstić information content (AvgIpc) is 3.34. The van der Waals surface area contributed by atoms with Crippen LogP contribution in [0, 0.1) is 0 Å². The molecular formula is C30H24BrN3O5. The van der Waals surface area contributed by atoms with Crippen LogP contribution in [-0.2, 0) is 4.79 Å². The molecule has 39 heavy (non-hydrogen) atoms. The number of carboxylic acids is 1. The van der Waals surface area contributed by atoms with Crippen molar-refractivity contribution in [3.05, 3.63) is 89.0 Å². The fourth-order valence-electron chi connectivity index (χ4n) is 4.35. The molecule has 8 nitrogen and oxygen atoms in total. The van der Waals surface area contributed by atoms with Crippen molar-refractivity contribution in [1.82, 2.24) is 14.5 Å². The van der Waals surface area contributed by atoms with Crippen molar-refractivity contribution in [1.29, 1.82) is 0 Å². The largest absolute Gasteiger partial charge is 0.497 e. The van der Waals surface area contributed by atoms with Crippen molar-refractivity contribution in [3.8, 4) is 40.0 Å². The maximum absolute atomic E-state index is 13.1. The predicted molar refractivity (Wildman–Crippen MR) is 152 cm³/mol. The van der Waals surface area contributed by atoms with Gasteiger partial charge in [0.2, 0.25) is 5.95 Å². The second-order valence-corrected chi connectivity index (χ2v) is 9.71. The Hall–Kier alpha value is -4.50. The highest BCUT2D eigenvalue weighted by molar-refractivity contribution is 9.10. The van der Waals surface area contributed by atoms with Gasteiger partial charge in [0.15, 0.2) is 5.78 Å². The zero-order chi connectivity index (χ0) is 27.5. The SMILES string of the molecule is COc1cccc(-c2cc(-c3cccc(OC)c3)nc(-n3cc(C(=O)CCC(=O)O)c4cc(Br)ccc43)n2)c1. The summed E-state index contributed by atoms with van der Waals surface area (Å²) in [5, 5.41) is 9.78. The smallest absolute Gasteiger partial charge is 0.303 e. The fraction of sp³-hybridized carbons (Fsp3) is 0.133. The van der Waals surface area contributed by atoms with Crippen LogP contribution in [0.5, 0.6) is 11.5 Å². The molecule has 9 heteroatoms. The lowest BCUT2D eigenvalue weighted by Gasteiger charge is -2.12. The number of aromatic nitrogens is 3. The second kappa shape index (κ2) is 11.1. The summed E-state index contributed by atoms with van der Waals surface area (Å²) in [6.07, 6.45) is 1.32. The van der Waals surface area contributed by atoms with Crippen molar-refractivity contribution < 1.29 is 24.2 Å². The van der Waals surface area contributed by atoms with E-state index < -0.39 is 5.97 Å². The monoisotopic (exact) mass is 585 g/mol. The van der Waals surface area contributed by atoms with Gasteiger partial charge in [0, 0.05) is 39.2 Å². The summed E-state index contributed by atoms with van der Waals surface area (Å²) in [5.41, 5.74) is 4.12. The standard InChI is InChI=1S/C30H24BrN3O5/c1-38-21-7-3-5-18(13-21)25-16-26(19-6-4-8-22(14-19)39-2)33-30(32-25)34-17-24(28(35)11-12-29(36)37)23-15-20(31)9-10-27(23)34/h3-10,13-17H,11-12H2,1-2H3,(H,36,37). The number of ketones is 1. The summed E-state index contributed by atoms with van der Waals surface area (Å²) in [5.74, 6) is 0.454. The van der Waals surface area contributed by atoms with Crippen LogP contribution >= 0.6 is 15.9 Å². The molecule has 0 unspecified atom stereocenters. The van der Waals surface area contributed by atoms with E-state index in [9.17, 15) is 9.59 Å². The van der Waals surface area contributed by atoms with E-state index in [1.807, 2.05) is 72.8 Å². The zero-order valence-electron chi connectivity index (χ0n) is 21.2. The summed E-state index contributed by atoms with van der Waals surface area (Å²) in [7, 11) is 3.22. The minimum Gasteiger partial charge on any atom is -0.497 e. The predicted octanol–water partition coefficient (Wildman–Crippen LogP) is 6.58. The van der Waals surface area contributed by atoms with Crippen LogP contribution < -0.4 is 9.47 Å². The summed E-state index contributed by atoms with van der Waals surface area (Å²) in [4.78, 5) is 34.0. The molecule has 0 aliphatic rings. The molecule has 0 radical (unpaired) electrons. The Morgan fingerprint density at radius 2 is 1.46 bits per heavy atom. The number of hydrogen-bond donors (Lipinski definition) is 1. The molecule has 0 aliphatic heterocycles. The van der Waals surface area contributed by atoms with Gasteiger partial charge in [-0.15, -0.1) is 0 Å². The first kappa shape index (κ1) is 26.1. The number of halogens is 1. The number of hydrogen-bond acceptors (Lipinski definition) is 6. The molecule has 0 fully saturated rings. The highest BCUT2D eigenvalue weighted by Crippen LogP contribution is 2.32. The molecule has 0 aliphatic carbocycles. The van der Waals surface area contributed by atoms with Crippen LogP contribution in [0.1, 0.15) is 23.2 Å².